The van der Waals surface area contributed by atoms with E-state index in [1.807, 2.05) is 0 Å². The topological polar surface area (TPSA) is 42.0 Å². The van der Waals surface area contributed by atoms with Gasteiger partial charge in [0.15, 0.2) is 0 Å². The third-order valence-electron chi connectivity index (χ3n) is 3.01. The van der Waals surface area contributed by atoms with Crippen molar-refractivity contribution in [1.29, 1.82) is 0 Å². The molecule has 3 nitrogen and oxygen atoms in total. The van der Waals surface area contributed by atoms with E-state index in [1.54, 1.807) is 24.5 Å². The van der Waals surface area contributed by atoms with E-state index >= 15 is 0 Å². The molecule has 1 fully saturated rings. The third-order valence-corrected chi connectivity index (χ3v) is 3.59. The zero-order valence-corrected chi connectivity index (χ0v) is 9.78. The van der Waals surface area contributed by atoms with E-state index in [0.717, 1.165) is 12.8 Å². The smallest absolute Gasteiger partial charge is 0.252 e. The molecule has 2 rings (SSSR count). The highest BCUT2D eigenvalue weighted by Gasteiger charge is 2.25. The maximum absolute atomic E-state index is 11.7. The maximum atomic E-state index is 11.7. The van der Waals surface area contributed by atoms with Crippen molar-refractivity contribution < 1.29 is 4.79 Å². The monoisotopic (exact) mass is 238 g/mol. The molecule has 4 heteroatoms. The Bertz CT molecular complexity index is 355. The molecule has 2 unspecified atom stereocenters. The summed E-state index contributed by atoms with van der Waals surface area (Å²) in [6.07, 6.45) is 6.57. The van der Waals surface area contributed by atoms with Crippen molar-refractivity contribution in [2.75, 3.05) is 6.54 Å². The van der Waals surface area contributed by atoms with Gasteiger partial charge in [-0.15, -0.1) is 11.6 Å². The summed E-state index contributed by atoms with van der Waals surface area (Å²) in [4.78, 5) is 15.6. The van der Waals surface area contributed by atoms with Crippen LogP contribution in [0.4, 0.5) is 0 Å². The lowest BCUT2D eigenvalue weighted by atomic mass is 10.1. The minimum atomic E-state index is -0.0659. The number of carbonyl (C=O) groups is 1. The minimum Gasteiger partial charge on any atom is -0.352 e. The standard InChI is InChI=1S/C12H15ClN2O/c13-11-5-1-3-9(11)8-15-12(16)10-4-2-6-14-7-10/h2,4,6-7,9,11H,1,3,5,8H2,(H,15,16). The molecular formula is C12H15ClN2O. The molecule has 0 saturated heterocycles. The number of amides is 1. The van der Waals surface area contributed by atoms with E-state index in [2.05, 4.69) is 10.3 Å². The van der Waals surface area contributed by atoms with Gasteiger partial charge in [-0.1, -0.05) is 6.42 Å². The van der Waals surface area contributed by atoms with Crippen molar-refractivity contribution in [2.24, 2.45) is 5.92 Å². The van der Waals surface area contributed by atoms with Crippen LogP contribution in [0.5, 0.6) is 0 Å². The summed E-state index contributed by atoms with van der Waals surface area (Å²) in [5, 5.41) is 3.12. The molecule has 1 aromatic rings. The molecule has 1 saturated carbocycles. The zero-order valence-electron chi connectivity index (χ0n) is 9.03. The van der Waals surface area contributed by atoms with E-state index in [1.165, 1.54) is 6.42 Å². The van der Waals surface area contributed by atoms with Crippen LogP contribution in [0.25, 0.3) is 0 Å². The number of hydrogen-bond acceptors (Lipinski definition) is 2. The second-order valence-electron chi connectivity index (χ2n) is 4.16. The Morgan fingerprint density at radius 2 is 2.44 bits per heavy atom. The van der Waals surface area contributed by atoms with E-state index in [4.69, 9.17) is 11.6 Å². The molecule has 0 aliphatic heterocycles. The van der Waals surface area contributed by atoms with Crippen LogP contribution >= 0.6 is 11.6 Å². The number of nitrogens with one attached hydrogen (secondary N) is 1. The average molecular weight is 239 g/mol. The van der Waals surface area contributed by atoms with Crippen molar-refractivity contribution in [3.8, 4) is 0 Å². The lowest BCUT2D eigenvalue weighted by molar-refractivity contribution is 0.0947. The first-order chi connectivity index (χ1) is 7.77. The normalized spacial score (nSPS) is 24.3. The van der Waals surface area contributed by atoms with Crippen LogP contribution in [-0.4, -0.2) is 22.8 Å². The molecule has 1 aliphatic rings. The van der Waals surface area contributed by atoms with Gasteiger partial charge >= 0.3 is 0 Å². The van der Waals surface area contributed by atoms with Gasteiger partial charge in [0.05, 0.1) is 5.56 Å². The van der Waals surface area contributed by atoms with E-state index < -0.39 is 0 Å². The van der Waals surface area contributed by atoms with Crippen molar-refractivity contribution in [2.45, 2.75) is 24.6 Å². The van der Waals surface area contributed by atoms with Gasteiger partial charge in [0.25, 0.3) is 5.91 Å². The fourth-order valence-corrected chi connectivity index (χ4v) is 2.41. The molecule has 16 heavy (non-hydrogen) atoms. The number of hydrogen-bond donors (Lipinski definition) is 1. The summed E-state index contributed by atoms with van der Waals surface area (Å²) in [7, 11) is 0. The van der Waals surface area contributed by atoms with Crippen LogP contribution in [0.15, 0.2) is 24.5 Å². The molecule has 1 aliphatic carbocycles. The molecule has 0 radical (unpaired) electrons. The van der Waals surface area contributed by atoms with Gasteiger partial charge < -0.3 is 5.32 Å². The van der Waals surface area contributed by atoms with Crippen LogP contribution in [0.2, 0.25) is 0 Å². The summed E-state index contributed by atoms with van der Waals surface area (Å²) >= 11 is 6.14. The first-order valence-corrected chi connectivity index (χ1v) is 6.03. The number of alkyl halides is 1. The number of rotatable bonds is 3. The highest BCUT2D eigenvalue weighted by atomic mass is 35.5. The Labute approximate surface area is 100 Å². The van der Waals surface area contributed by atoms with Gasteiger partial charge in [-0.3, -0.25) is 9.78 Å². The summed E-state index contributed by atoms with van der Waals surface area (Å²) < 4.78 is 0. The molecule has 0 aromatic carbocycles. The third kappa shape index (κ3) is 2.73. The van der Waals surface area contributed by atoms with Crippen molar-refractivity contribution in [1.82, 2.24) is 10.3 Å². The lowest BCUT2D eigenvalue weighted by Crippen LogP contribution is -2.31. The Balaban J connectivity index is 1.84. The van der Waals surface area contributed by atoms with E-state index in [0.29, 0.717) is 18.0 Å². The Hall–Kier alpha value is -1.09. The van der Waals surface area contributed by atoms with Crippen molar-refractivity contribution >= 4 is 17.5 Å². The van der Waals surface area contributed by atoms with Crippen LogP contribution in [0.1, 0.15) is 29.6 Å². The first kappa shape index (κ1) is 11.4. The van der Waals surface area contributed by atoms with E-state index in [9.17, 15) is 4.79 Å². The van der Waals surface area contributed by atoms with Crippen molar-refractivity contribution in [3.63, 3.8) is 0 Å². The number of pyridine rings is 1. The number of halogens is 1. The molecule has 86 valence electrons. The second-order valence-corrected chi connectivity index (χ2v) is 4.72. The minimum absolute atomic E-state index is 0.0659. The summed E-state index contributed by atoms with van der Waals surface area (Å²) in [5.74, 6) is 0.353. The second kappa shape index (κ2) is 5.30. The predicted molar refractivity (Wildman–Crippen MR) is 63.6 cm³/mol. The summed E-state index contributed by atoms with van der Waals surface area (Å²) in [6, 6.07) is 3.52. The molecule has 1 amide bonds. The fourth-order valence-electron chi connectivity index (χ4n) is 2.04. The van der Waals surface area contributed by atoms with Crippen LogP contribution < -0.4 is 5.32 Å². The molecule has 1 heterocycles. The van der Waals surface area contributed by atoms with Crippen LogP contribution in [0, 0.1) is 5.92 Å². The Morgan fingerprint density at radius 1 is 1.56 bits per heavy atom. The number of nitrogens with zero attached hydrogens (tertiary/aromatic N) is 1. The molecule has 2 atom stereocenters. The van der Waals surface area contributed by atoms with Crippen LogP contribution in [0.3, 0.4) is 0 Å². The largest absolute Gasteiger partial charge is 0.352 e. The molecule has 0 spiro atoms. The molecule has 1 N–H and O–H groups in total. The van der Waals surface area contributed by atoms with Gasteiger partial charge in [-0.2, -0.15) is 0 Å². The quantitative estimate of drug-likeness (QED) is 0.821. The Kier molecular flexibility index (Phi) is 3.78. The number of aromatic nitrogens is 1. The van der Waals surface area contributed by atoms with Gasteiger partial charge in [0.2, 0.25) is 0 Å². The highest BCUT2D eigenvalue weighted by molar-refractivity contribution is 6.21. The molecule has 1 aromatic heterocycles. The Morgan fingerprint density at radius 3 is 3.06 bits per heavy atom. The SMILES string of the molecule is O=C(NCC1CCCC1Cl)c1cccnc1. The summed E-state index contributed by atoms with van der Waals surface area (Å²) in [6.45, 7) is 0.669. The fraction of sp³-hybridized carbons (Fsp3) is 0.500. The van der Waals surface area contributed by atoms with Gasteiger partial charge in [0.1, 0.15) is 0 Å². The van der Waals surface area contributed by atoms with Crippen molar-refractivity contribution in [3.05, 3.63) is 30.1 Å². The number of carbonyl (C=O) groups excluding carboxylic acids is 1. The van der Waals surface area contributed by atoms with Gasteiger partial charge in [-0.05, 0) is 30.9 Å². The molecular weight excluding hydrogens is 224 g/mol. The predicted octanol–water partition coefficient (Wildman–Crippen LogP) is 2.22. The first-order valence-electron chi connectivity index (χ1n) is 5.59. The maximum Gasteiger partial charge on any atom is 0.252 e. The highest BCUT2D eigenvalue weighted by Crippen LogP contribution is 2.29. The lowest BCUT2D eigenvalue weighted by Gasteiger charge is -2.14. The average Bonchev–Trinajstić information content (AvgIpc) is 2.73. The summed E-state index contributed by atoms with van der Waals surface area (Å²) in [5.41, 5.74) is 0.603. The van der Waals surface area contributed by atoms with E-state index in [-0.39, 0.29) is 11.3 Å². The molecule has 0 bridgehead atoms. The van der Waals surface area contributed by atoms with Gasteiger partial charge in [0, 0.05) is 24.3 Å². The van der Waals surface area contributed by atoms with Crippen LogP contribution in [-0.2, 0) is 0 Å². The zero-order chi connectivity index (χ0) is 11.4. The van der Waals surface area contributed by atoms with Gasteiger partial charge in [-0.25, -0.2) is 0 Å².